The van der Waals surface area contributed by atoms with Gasteiger partial charge in [0.1, 0.15) is 6.04 Å². The van der Waals surface area contributed by atoms with Crippen molar-refractivity contribution in [1.29, 1.82) is 0 Å². The molecule has 1 aromatic heterocycles. The molecule has 1 aromatic carbocycles. The van der Waals surface area contributed by atoms with Gasteiger partial charge in [-0.1, -0.05) is 30.3 Å². The fourth-order valence-corrected chi connectivity index (χ4v) is 4.27. The quantitative estimate of drug-likeness (QED) is 0.782. The summed E-state index contributed by atoms with van der Waals surface area (Å²) in [6.45, 7) is 2.99. The fraction of sp³-hybridized carbons (Fsp3) is 0.435. The van der Waals surface area contributed by atoms with Crippen LogP contribution in [0.15, 0.2) is 54.9 Å². The molecule has 152 valence electrons. The minimum Gasteiger partial charge on any atom is -0.378 e. The molecule has 2 aliphatic heterocycles. The third-order valence-corrected chi connectivity index (χ3v) is 5.83. The van der Waals surface area contributed by atoms with Crippen LogP contribution in [0.25, 0.3) is 0 Å². The van der Waals surface area contributed by atoms with E-state index >= 15 is 0 Å². The summed E-state index contributed by atoms with van der Waals surface area (Å²) in [5.41, 5.74) is 2.05. The van der Waals surface area contributed by atoms with Gasteiger partial charge < -0.3 is 14.5 Å². The van der Waals surface area contributed by atoms with Crippen molar-refractivity contribution in [2.75, 3.05) is 32.8 Å². The summed E-state index contributed by atoms with van der Waals surface area (Å²) in [4.78, 5) is 34.5. The van der Waals surface area contributed by atoms with Crippen molar-refractivity contribution < 1.29 is 14.3 Å². The molecule has 29 heavy (non-hydrogen) atoms. The first-order valence-electron chi connectivity index (χ1n) is 10.3. The molecule has 2 fully saturated rings. The van der Waals surface area contributed by atoms with Crippen LogP contribution < -0.4 is 0 Å². The lowest BCUT2D eigenvalue weighted by Crippen LogP contribution is -2.51. The topological polar surface area (TPSA) is 62.7 Å². The number of likely N-dealkylation sites (tertiary alicyclic amines) is 1. The second kappa shape index (κ2) is 9.18. The number of carbonyl (C=O) groups excluding carboxylic acids is 2. The van der Waals surface area contributed by atoms with Crippen LogP contribution in [0.2, 0.25) is 0 Å². The lowest BCUT2D eigenvalue weighted by molar-refractivity contribution is -0.147. The molecule has 2 unspecified atom stereocenters. The van der Waals surface area contributed by atoms with Crippen LogP contribution in [0.3, 0.4) is 0 Å². The minimum atomic E-state index is -0.357. The van der Waals surface area contributed by atoms with Crippen molar-refractivity contribution in [1.82, 2.24) is 14.8 Å². The first kappa shape index (κ1) is 19.6. The van der Waals surface area contributed by atoms with E-state index in [0.717, 1.165) is 24.0 Å². The number of amides is 2. The largest absolute Gasteiger partial charge is 0.378 e. The molecule has 6 nitrogen and oxygen atoms in total. The highest BCUT2D eigenvalue weighted by Crippen LogP contribution is 2.28. The predicted molar refractivity (Wildman–Crippen MR) is 109 cm³/mol. The van der Waals surface area contributed by atoms with Crippen molar-refractivity contribution in [2.24, 2.45) is 0 Å². The van der Waals surface area contributed by atoms with Gasteiger partial charge in [0.15, 0.2) is 0 Å². The van der Waals surface area contributed by atoms with Crippen LogP contribution in [0.5, 0.6) is 0 Å². The van der Waals surface area contributed by atoms with Crippen molar-refractivity contribution in [3.8, 4) is 0 Å². The second-order valence-electron chi connectivity index (χ2n) is 7.65. The molecule has 0 bridgehead atoms. The molecule has 0 spiro atoms. The van der Waals surface area contributed by atoms with Crippen LogP contribution in [0, 0.1) is 0 Å². The maximum atomic E-state index is 13.7. The van der Waals surface area contributed by atoms with Crippen molar-refractivity contribution >= 4 is 11.8 Å². The van der Waals surface area contributed by atoms with E-state index < -0.39 is 0 Å². The Kier molecular flexibility index (Phi) is 6.20. The Labute approximate surface area is 171 Å². The summed E-state index contributed by atoms with van der Waals surface area (Å²) in [6.07, 6.45) is 5.70. The van der Waals surface area contributed by atoms with Gasteiger partial charge in [0.05, 0.1) is 19.1 Å². The number of carbonyl (C=O) groups is 2. The van der Waals surface area contributed by atoms with E-state index in [1.54, 1.807) is 12.4 Å². The van der Waals surface area contributed by atoms with Gasteiger partial charge >= 0.3 is 0 Å². The third-order valence-electron chi connectivity index (χ3n) is 5.83. The molecule has 2 saturated heterocycles. The number of hydrogen-bond donors (Lipinski definition) is 0. The van der Waals surface area contributed by atoms with E-state index in [-0.39, 0.29) is 23.8 Å². The normalized spacial score (nSPS) is 20.5. The molecular weight excluding hydrogens is 366 g/mol. The molecular formula is C23H27N3O3. The van der Waals surface area contributed by atoms with Gasteiger partial charge in [-0.2, -0.15) is 0 Å². The molecule has 4 rings (SSSR count). The smallest absolute Gasteiger partial charge is 0.245 e. The Bertz CT molecular complexity index is 822. The van der Waals surface area contributed by atoms with Crippen molar-refractivity contribution in [3.05, 3.63) is 66.0 Å². The summed E-state index contributed by atoms with van der Waals surface area (Å²) in [5.74, 6) is -0.205. The van der Waals surface area contributed by atoms with Crippen LogP contribution in [-0.2, 0) is 20.7 Å². The Morgan fingerprint density at radius 1 is 1.03 bits per heavy atom. The molecule has 2 aliphatic rings. The van der Waals surface area contributed by atoms with Gasteiger partial charge in [-0.25, -0.2) is 0 Å². The fourth-order valence-electron chi connectivity index (χ4n) is 4.27. The van der Waals surface area contributed by atoms with Crippen molar-refractivity contribution in [3.63, 3.8) is 0 Å². The number of aromatic nitrogens is 1. The molecule has 6 heteroatoms. The summed E-state index contributed by atoms with van der Waals surface area (Å²) >= 11 is 0. The first-order chi connectivity index (χ1) is 14.2. The van der Waals surface area contributed by atoms with Crippen LogP contribution in [-0.4, -0.2) is 65.5 Å². The summed E-state index contributed by atoms with van der Waals surface area (Å²) in [5, 5.41) is 0. The molecule has 0 aliphatic carbocycles. The van der Waals surface area contributed by atoms with Crippen LogP contribution in [0.1, 0.15) is 29.9 Å². The van der Waals surface area contributed by atoms with Gasteiger partial charge in [-0.05, 0) is 42.5 Å². The zero-order valence-electron chi connectivity index (χ0n) is 16.6. The number of ether oxygens (including phenoxy) is 1. The second-order valence-corrected chi connectivity index (χ2v) is 7.65. The molecule has 2 amide bonds. The zero-order valence-corrected chi connectivity index (χ0v) is 16.6. The highest BCUT2D eigenvalue weighted by molar-refractivity contribution is 5.91. The van der Waals surface area contributed by atoms with Gasteiger partial charge in [0.25, 0.3) is 0 Å². The van der Waals surface area contributed by atoms with E-state index in [2.05, 4.69) is 4.98 Å². The maximum absolute atomic E-state index is 13.7. The number of hydrogen-bond acceptors (Lipinski definition) is 4. The monoisotopic (exact) mass is 393 g/mol. The minimum absolute atomic E-state index is 0.0390. The zero-order chi connectivity index (χ0) is 20.1. The molecule has 2 atom stereocenters. The van der Waals surface area contributed by atoms with Crippen LogP contribution in [0.4, 0.5) is 0 Å². The maximum Gasteiger partial charge on any atom is 0.245 e. The highest BCUT2D eigenvalue weighted by atomic mass is 16.5. The number of rotatable bonds is 5. The highest BCUT2D eigenvalue weighted by Gasteiger charge is 2.39. The average Bonchev–Trinajstić information content (AvgIpc) is 3.28. The predicted octanol–water partition coefficient (Wildman–Crippen LogP) is 2.26. The standard InChI is InChI=1S/C23H27N3O3/c27-22(26-12-4-7-21(26)23(28)25-13-15-29-16-14-25)20(19-5-2-1-3-6-19)17-18-8-10-24-11-9-18/h1-3,5-6,8-11,20-21H,4,7,12-17H2. The first-order valence-corrected chi connectivity index (χ1v) is 10.3. The Morgan fingerprint density at radius 2 is 1.76 bits per heavy atom. The number of pyridine rings is 1. The van der Waals surface area contributed by atoms with Gasteiger partial charge in [-0.15, -0.1) is 0 Å². The number of nitrogens with zero attached hydrogens (tertiary/aromatic N) is 3. The summed E-state index contributed by atoms with van der Waals surface area (Å²) < 4.78 is 5.37. The Morgan fingerprint density at radius 3 is 2.48 bits per heavy atom. The van der Waals surface area contributed by atoms with E-state index in [4.69, 9.17) is 4.74 Å². The van der Waals surface area contributed by atoms with Gasteiger partial charge in [-0.3, -0.25) is 14.6 Å². The van der Waals surface area contributed by atoms with Gasteiger partial charge in [0.2, 0.25) is 11.8 Å². The van der Waals surface area contributed by atoms with E-state index in [1.807, 2.05) is 52.3 Å². The molecule has 2 aromatic rings. The lowest BCUT2D eigenvalue weighted by atomic mass is 9.90. The van der Waals surface area contributed by atoms with E-state index in [0.29, 0.717) is 39.3 Å². The number of benzene rings is 1. The van der Waals surface area contributed by atoms with Gasteiger partial charge in [0, 0.05) is 32.0 Å². The molecule has 3 heterocycles. The van der Waals surface area contributed by atoms with Crippen molar-refractivity contribution in [2.45, 2.75) is 31.2 Å². The Hall–Kier alpha value is -2.73. The summed E-state index contributed by atoms with van der Waals surface area (Å²) in [7, 11) is 0. The molecule has 0 saturated carbocycles. The average molecular weight is 393 g/mol. The summed E-state index contributed by atoms with van der Waals surface area (Å²) in [6, 6.07) is 13.4. The SMILES string of the molecule is O=C(C1CCCN1C(=O)C(Cc1ccncc1)c1ccccc1)N1CCOCC1. The van der Waals surface area contributed by atoms with Crippen LogP contribution >= 0.6 is 0 Å². The molecule has 0 radical (unpaired) electrons. The lowest BCUT2D eigenvalue weighted by Gasteiger charge is -2.34. The molecule has 0 N–H and O–H groups in total. The number of morpholine rings is 1. The Balaban J connectivity index is 1.56. The third kappa shape index (κ3) is 4.48. The van der Waals surface area contributed by atoms with E-state index in [1.165, 1.54) is 0 Å². The van der Waals surface area contributed by atoms with E-state index in [9.17, 15) is 9.59 Å².